The number of hydrogen-bond acceptors (Lipinski definition) is 2. The molecule has 1 aliphatic heterocycles. The summed E-state index contributed by atoms with van der Waals surface area (Å²) in [6.07, 6.45) is 3.11. The molecule has 1 saturated heterocycles. The highest BCUT2D eigenvalue weighted by molar-refractivity contribution is 9.10. The summed E-state index contributed by atoms with van der Waals surface area (Å²) in [6.45, 7) is 7.00. The monoisotopic (exact) mass is 374 g/mol. The molecular formula is C16H24BrClN2O. The van der Waals surface area contributed by atoms with Crippen LogP contribution < -0.4 is 5.32 Å². The van der Waals surface area contributed by atoms with Crippen LogP contribution >= 0.6 is 28.3 Å². The fourth-order valence-electron chi connectivity index (χ4n) is 2.80. The maximum absolute atomic E-state index is 12.9. The Morgan fingerprint density at radius 3 is 2.67 bits per heavy atom. The van der Waals surface area contributed by atoms with Gasteiger partial charge in [0.05, 0.1) is 0 Å². The minimum Gasteiger partial charge on any atom is -0.336 e. The van der Waals surface area contributed by atoms with Crippen LogP contribution in [0.15, 0.2) is 22.7 Å². The minimum atomic E-state index is 0. The average Bonchev–Trinajstić information content (AvgIpc) is 2.48. The number of halogens is 2. The summed E-state index contributed by atoms with van der Waals surface area (Å²) in [5.74, 6) is 0.178. The molecule has 1 heterocycles. The second kappa shape index (κ2) is 8.76. The first kappa shape index (κ1) is 18.5. The summed E-state index contributed by atoms with van der Waals surface area (Å²) in [6, 6.07) is 6.24. The van der Waals surface area contributed by atoms with Gasteiger partial charge in [-0.3, -0.25) is 4.79 Å². The third-order valence-corrected chi connectivity index (χ3v) is 4.83. The summed E-state index contributed by atoms with van der Waals surface area (Å²) < 4.78 is 1.00. The van der Waals surface area contributed by atoms with E-state index in [4.69, 9.17) is 0 Å². The number of nitrogens with one attached hydrogen (secondary N) is 1. The predicted octanol–water partition coefficient (Wildman–Crippen LogP) is 3.78. The van der Waals surface area contributed by atoms with Crippen LogP contribution in [0.1, 0.15) is 42.1 Å². The lowest BCUT2D eigenvalue weighted by atomic mass is 10.0. The van der Waals surface area contributed by atoms with Gasteiger partial charge in [-0.2, -0.15) is 0 Å². The molecule has 0 aromatic heterocycles. The van der Waals surface area contributed by atoms with Crippen LogP contribution in [-0.2, 0) is 0 Å². The second-order valence-electron chi connectivity index (χ2n) is 5.39. The lowest BCUT2D eigenvalue weighted by Crippen LogP contribution is -2.46. The smallest absolute Gasteiger partial charge is 0.254 e. The van der Waals surface area contributed by atoms with Gasteiger partial charge in [0, 0.05) is 22.6 Å². The Balaban J connectivity index is 0.00000220. The summed E-state index contributed by atoms with van der Waals surface area (Å²) in [4.78, 5) is 15.0. The van der Waals surface area contributed by atoms with Crippen LogP contribution in [0.5, 0.6) is 0 Å². The Morgan fingerprint density at radius 2 is 2.05 bits per heavy atom. The molecule has 1 aliphatic rings. The second-order valence-corrected chi connectivity index (χ2v) is 6.25. The van der Waals surface area contributed by atoms with Gasteiger partial charge in [0.15, 0.2) is 0 Å². The average molecular weight is 376 g/mol. The van der Waals surface area contributed by atoms with Gasteiger partial charge in [0.2, 0.25) is 0 Å². The molecule has 1 N–H and O–H groups in total. The molecule has 0 aliphatic carbocycles. The zero-order chi connectivity index (χ0) is 14.5. The normalized spacial score (nSPS) is 15.4. The molecule has 1 aromatic carbocycles. The number of piperidine rings is 1. The number of rotatable bonds is 4. The van der Waals surface area contributed by atoms with Gasteiger partial charge in [-0.05, 0) is 57.0 Å². The topological polar surface area (TPSA) is 32.3 Å². The summed E-state index contributed by atoms with van der Waals surface area (Å²) in [7, 11) is 0. The van der Waals surface area contributed by atoms with Crippen molar-refractivity contribution in [1.82, 2.24) is 10.2 Å². The van der Waals surface area contributed by atoms with Crippen molar-refractivity contribution in [3.63, 3.8) is 0 Å². The van der Waals surface area contributed by atoms with Gasteiger partial charge in [-0.25, -0.2) is 0 Å². The predicted molar refractivity (Wildman–Crippen MR) is 93.3 cm³/mol. The molecule has 2 rings (SSSR count). The minimum absolute atomic E-state index is 0. The van der Waals surface area contributed by atoms with E-state index in [2.05, 4.69) is 33.1 Å². The molecule has 1 fully saturated rings. The first-order chi connectivity index (χ1) is 9.65. The van der Waals surface area contributed by atoms with Crippen molar-refractivity contribution in [1.29, 1.82) is 0 Å². The molecule has 5 heteroatoms. The summed E-state index contributed by atoms with van der Waals surface area (Å²) >= 11 is 3.52. The summed E-state index contributed by atoms with van der Waals surface area (Å²) in [5, 5.41) is 3.37. The first-order valence-corrected chi connectivity index (χ1v) is 8.21. The maximum atomic E-state index is 12.9. The summed E-state index contributed by atoms with van der Waals surface area (Å²) in [5.41, 5.74) is 1.86. The first-order valence-electron chi connectivity index (χ1n) is 7.42. The lowest BCUT2D eigenvalue weighted by Gasteiger charge is -2.35. The molecule has 0 bridgehead atoms. The van der Waals surface area contributed by atoms with Crippen molar-refractivity contribution in [2.75, 3.05) is 19.6 Å². The van der Waals surface area contributed by atoms with E-state index < -0.39 is 0 Å². The molecule has 0 saturated carbocycles. The van der Waals surface area contributed by atoms with Gasteiger partial charge < -0.3 is 10.2 Å². The van der Waals surface area contributed by atoms with Crippen LogP contribution in [0.4, 0.5) is 0 Å². The van der Waals surface area contributed by atoms with Crippen molar-refractivity contribution in [2.45, 2.75) is 39.2 Å². The van der Waals surface area contributed by atoms with Crippen LogP contribution in [0, 0.1) is 6.92 Å². The van der Waals surface area contributed by atoms with Crippen LogP contribution in [-0.4, -0.2) is 36.5 Å². The quantitative estimate of drug-likeness (QED) is 0.868. The van der Waals surface area contributed by atoms with Crippen molar-refractivity contribution in [2.24, 2.45) is 0 Å². The molecule has 0 radical (unpaired) electrons. The molecular weight excluding hydrogens is 352 g/mol. The van der Waals surface area contributed by atoms with E-state index >= 15 is 0 Å². The van der Waals surface area contributed by atoms with Crippen LogP contribution in [0.3, 0.4) is 0 Å². The van der Waals surface area contributed by atoms with Crippen molar-refractivity contribution >= 4 is 34.2 Å². The van der Waals surface area contributed by atoms with E-state index in [0.717, 1.165) is 54.5 Å². The Morgan fingerprint density at radius 1 is 1.38 bits per heavy atom. The van der Waals surface area contributed by atoms with Gasteiger partial charge in [0.25, 0.3) is 5.91 Å². The Kier molecular flexibility index (Phi) is 7.71. The van der Waals surface area contributed by atoms with Crippen LogP contribution in [0.25, 0.3) is 0 Å². The molecule has 1 amide bonds. The number of amides is 1. The Hall–Kier alpha value is -0.580. The fourth-order valence-corrected chi connectivity index (χ4v) is 3.17. The van der Waals surface area contributed by atoms with E-state index in [1.54, 1.807) is 0 Å². The maximum Gasteiger partial charge on any atom is 0.254 e. The third kappa shape index (κ3) is 4.44. The number of carbonyl (C=O) groups excluding carboxylic acids is 1. The number of nitrogens with zero attached hydrogens (tertiary/aromatic N) is 1. The van der Waals surface area contributed by atoms with Gasteiger partial charge in [-0.1, -0.05) is 28.9 Å². The molecule has 0 spiro atoms. The third-order valence-electron chi connectivity index (χ3n) is 3.97. The zero-order valence-electron chi connectivity index (χ0n) is 12.7. The van der Waals surface area contributed by atoms with Gasteiger partial charge in [-0.15, -0.1) is 12.4 Å². The van der Waals surface area contributed by atoms with Crippen molar-refractivity contribution in [3.05, 3.63) is 33.8 Å². The molecule has 0 atom stereocenters. The highest BCUT2D eigenvalue weighted by Gasteiger charge is 2.26. The van der Waals surface area contributed by atoms with Gasteiger partial charge >= 0.3 is 0 Å². The van der Waals surface area contributed by atoms with E-state index in [9.17, 15) is 4.79 Å². The molecule has 1 aromatic rings. The fraction of sp³-hybridized carbons (Fsp3) is 0.562. The Labute approximate surface area is 142 Å². The largest absolute Gasteiger partial charge is 0.336 e. The van der Waals surface area contributed by atoms with Crippen molar-refractivity contribution < 1.29 is 4.79 Å². The zero-order valence-corrected chi connectivity index (χ0v) is 15.1. The van der Waals surface area contributed by atoms with E-state index in [1.165, 1.54) is 0 Å². The van der Waals surface area contributed by atoms with Crippen LogP contribution in [0.2, 0.25) is 0 Å². The number of benzene rings is 1. The van der Waals surface area contributed by atoms with E-state index in [-0.39, 0.29) is 18.3 Å². The standard InChI is InChI=1S/C16H23BrN2O.ClH/c1-3-11-19(13-7-9-18-10-8-13)16(20)14-5-4-6-15(17)12(14)2;/h4-6,13,18H,3,7-11H2,1-2H3;1H. The molecule has 3 nitrogen and oxygen atoms in total. The highest BCUT2D eigenvalue weighted by atomic mass is 79.9. The lowest BCUT2D eigenvalue weighted by molar-refractivity contribution is 0.0642. The van der Waals surface area contributed by atoms with Gasteiger partial charge in [0.1, 0.15) is 0 Å². The van der Waals surface area contributed by atoms with Crippen molar-refractivity contribution in [3.8, 4) is 0 Å². The molecule has 118 valence electrons. The highest BCUT2D eigenvalue weighted by Crippen LogP contribution is 2.23. The van der Waals surface area contributed by atoms with E-state index in [0.29, 0.717) is 6.04 Å². The molecule has 21 heavy (non-hydrogen) atoms. The number of hydrogen-bond donors (Lipinski definition) is 1. The number of carbonyl (C=O) groups is 1. The van der Waals surface area contributed by atoms with E-state index in [1.807, 2.05) is 25.1 Å². The SMILES string of the molecule is CCCN(C(=O)c1cccc(Br)c1C)C1CCNCC1.Cl. The molecule has 0 unspecified atom stereocenters. The Bertz CT molecular complexity index is 475.